The van der Waals surface area contributed by atoms with E-state index in [9.17, 15) is 15.2 Å². The van der Waals surface area contributed by atoms with Crippen molar-refractivity contribution >= 4 is 23.2 Å². The van der Waals surface area contributed by atoms with Gasteiger partial charge in [-0.2, -0.15) is 0 Å². The van der Waals surface area contributed by atoms with Gasteiger partial charge < -0.3 is 21.0 Å². The summed E-state index contributed by atoms with van der Waals surface area (Å²) in [7, 11) is 0. The van der Waals surface area contributed by atoms with Crippen molar-refractivity contribution in [3.8, 4) is 0 Å². The smallest absolute Gasteiger partial charge is 0.390 e. The van der Waals surface area contributed by atoms with Crippen LogP contribution in [0.2, 0.25) is 0 Å². The van der Waals surface area contributed by atoms with Crippen molar-refractivity contribution in [2.75, 3.05) is 11.6 Å². The van der Waals surface area contributed by atoms with Crippen LogP contribution in [0, 0.1) is 17.0 Å². The predicted octanol–water partition coefficient (Wildman–Crippen LogP) is 0.282. The van der Waals surface area contributed by atoms with Crippen molar-refractivity contribution in [3.05, 3.63) is 15.9 Å². The van der Waals surface area contributed by atoms with E-state index in [4.69, 9.17) is 17.3 Å². The Kier molecular flexibility index (Phi) is 3.48. The Bertz CT molecular complexity index is 379. The average molecular weight is 235 g/mol. The zero-order valence-electron chi connectivity index (χ0n) is 8.05. The molecule has 0 amide bonds. The van der Waals surface area contributed by atoms with Crippen LogP contribution >= 0.6 is 11.6 Å². The van der Waals surface area contributed by atoms with Crippen molar-refractivity contribution in [1.29, 1.82) is 0 Å². The molecule has 1 heterocycles. The number of hydrogen-bond acceptors (Lipinski definition) is 5. The number of aryl methyl sites for hydroxylation is 1. The number of aliphatic hydroxyl groups excluding tert-OH is 1. The van der Waals surface area contributed by atoms with E-state index in [0.29, 0.717) is 5.82 Å². The second-order valence-corrected chi connectivity index (χ2v) is 3.35. The molecule has 3 N–H and O–H groups in total. The molecule has 0 saturated heterocycles. The van der Waals surface area contributed by atoms with Gasteiger partial charge in [0.05, 0.1) is 18.5 Å². The first-order chi connectivity index (χ1) is 6.97. The van der Waals surface area contributed by atoms with Gasteiger partial charge in [-0.25, -0.2) is 0 Å². The summed E-state index contributed by atoms with van der Waals surface area (Å²) in [6.07, 6.45) is -0.804. The lowest BCUT2D eigenvalue weighted by Gasteiger charge is -2.08. The summed E-state index contributed by atoms with van der Waals surface area (Å²) < 4.78 is 1.37. The topological polar surface area (TPSA) is 107 Å². The number of rotatable bonds is 4. The van der Waals surface area contributed by atoms with Gasteiger partial charge >= 0.3 is 5.82 Å². The van der Waals surface area contributed by atoms with Crippen molar-refractivity contribution < 1.29 is 10.0 Å². The zero-order chi connectivity index (χ0) is 11.6. The maximum atomic E-state index is 10.5. The molecule has 15 heavy (non-hydrogen) atoms. The molecule has 0 saturated carbocycles. The van der Waals surface area contributed by atoms with E-state index in [1.807, 2.05) is 0 Å². The minimum atomic E-state index is -0.804. The summed E-state index contributed by atoms with van der Waals surface area (Å²) in [4.78, 5) is 13.5. The van der Waals surface area contributed by atoms with Crippen LogP contribution in [-0.2, 0) is 6.54 Å². The fourth-order valence-electron chi connectivity index (χ4n) is 1.19. The molecule has 0 aromatic carbocycles. The van der Waals surface area contributed by atoms with Gasteiger partial charge in [-0.05, 0) is 9.91 Å². The summed E-state index contributed by atoms with van der Waals surface area (Å²) in [6.45, 7) is 1.67. The molecule has 0 bridgehead atoms. The highest BCUT2D eigenvalue weighted by molar-refractivity contribution is 6.18. The van der Waals surface area contributed by atoms with Crippen LogP contribution < -0.4 is 5.73 Å². The van der Waals surface area contributed by atoms with Crippen LogP contribution in [0.5, 0.6) is 0 Å². The summed E-state index contributed by atoms with van der Waals surface area (Å²) in [5, 5.41) is 19.8. The fourth-order valence-corrected chi connectivity index (χ4v) is 1.29. The van der Waals surface area contributed by atoms with Crippen LogP contribution in [0.3, 0.4) is 0 Å². The first-order valence-electron chi connectivity index (χ1n) is 4.18. The van der Waals surface area contributed by atoms with Gasteiger partial charge in [0.25, 0.3) is 0 Å². The molecule has 1 aromatic rings. The molecule has 1 aromatic heterocycles. The molecule has 0 aliphatic rings. The Labute approximate surface area is 90.6 Å². The normalized spacial score (nSPS) is 12.7. The first kappa shape index (κ1) is 11.7. The number of nitro groups is 1. The van der Waals surface area contributed by atoms with Crippen molar-refractivity contribution in [2.24, 2.45) is 0 Å². The van der Waals surface area contributed by atoms with E-state index < -0.39 is 16.8 Å². The van der Waals surface area contributed by atoms with Crippen LogP contribution in [0.15, 0.2) is 0 Å². The molecular weight excluding hydrogens is 224 g/mol. The van der Waals surface area contributed by atoms with Gasteiger partial charge in [-0.1, -0.05) is 0 Å². The third kappa shape index (κ3) is 2.37. The summed E-state index contributed by atoms with van der Waals surface area (Å²) >= 11 is 5.42. The number of imidazole rings is 1. The van der Waals surface area contributed by atoms with Gasteiger partial charge in [-0.3, -0.25) is 4.57 Å². The molecular formula is C7H11ClN4O3. The van der Waals surface area contributed by atoms with E-state index in [1.165, 1.54) is 4.57 Å². The minimum Gasteiger partial charge on any atom is -0.390 e. The lowest BCUT2D eigenvalue weighted by atomic mass is 10.4. The number of aromatic nitrogens is 2. The number of alkyl halides is 1. The molecule has 84 valence electrons. The number of nitrogens with zero attached hydrogens (tertiary/aromatic N) is 3. The number of aliphatic hydroxyl groups is 1. The largest absolute Gasteiger partial charge is 0.406 e. The summed E-state index contributed by atoms with van der Waals surface area (Å²) in [6, 6.07) is 0. The number of halogens is 1. The molecule has 8 heteroatoms. The molecule has 1 rings (SSSR count). The Morgan fingerprint density at radius 3 is 2.80 bits per heavy atom. The molecule has 0 aliphatic heterocycles. The molecule has 1 unspecified atom stereocenters. The first-order valence-corrected chi connectivity index (χ1v) is 4.71. The third-order valence-corrected chi connectivity index (χ3v) is 2.28. The highest BCUT2D eigenvalue weighted by Crippen LogP contribution is 2.21. The molecule has 7 nitrogen and oxygen atoms in total. The summed E-state index contributed by atoms with van der Waals surface area (Å²) in [5.74, 6) is -0.0514. The van der Waals surface area contributed by atoms with E-state index in [0.717, 1.165) is 0 Å². The number of hydrogen-bond donors (Lipinski definition) is 2. The van der Waals surface area contributed by atoms with Gasteiger partial charge in [0.15, 0.2) is 0 Å². The van der Waals surface area contributed by atoms with Crippen molar-refractivity contribution in [1.82, 2.24) is 9.55 Å². The van der Waals surface area contributed by atoms with E-state index in [1.54, 1.807) is 6.92 Å². The van der Waals surface area contributed by atoms with E-state index in [2.05, 4.69) is 4.98 Å². The van der Waals surface area contributed by atoms with Crippen LogP contribution in [0.4, 0.5) is 11.6 Å². The van der Waals surface area contributed by atoms with Crippen molar-refractivity contribution in [2.45, 2.75) is 19.6 Å². The SMILES string of the molecule is Cc1nc([N+](=O)[O-])c(N)n1CC(O)CCl. The van der Waals surface area contributed by atoms with E-state index in [-0.39, 0.29) is 18.2 Å². The number of anilines is 1. The fraction of sp³-hybridized carbons (Fsp3) is 0.571. The maximum absolute atomic E-state index is 10.5. The highest BCUT2D eigenvalue weighted by atomic mass is 35.5. The molecule has 0 radical (unpaired) electrons. The highest BCUT2D eigenvalue weighted by Gasteiger charge is 2.23. The molecule has 0 spiro atoms. The van der Waals surface area contributed by atoms with Crippen LogP contribution in [0.25, 0.3) is 0 Å². The van der Waals surface area contributed by atoms with E-state index >= 15 is 0 Å². The van der Waals surface area contributed by atoms with Gasteiger partial charge in [0.2, 0.25) is 11.6 Å². The molecule has 0 aliphatic carbocycles. The average Bonchev–Trinajstić information content (AvgIpc) is 2.45. The Morgan fingerprint density at radius 1 is 1.80 bits per heavy atom. The van der Waals surface area contributed by atoms with Crippen LogP contribution in [-0.4, -0.2) is 31.6 Å². The molecule has 1 atom stereocenters. The monoisotopic (exact) mass is 234 g/mol. The van der Waals surface area contributed by atoms with Gasteiger partial charge in [0, 0.05) is 6.92 Å². The third-order valence-electron chi connectivity index (χ3n) is 1.92. The zero-order valence-corrected chi connectivity index (χ0v) is 8.81. The second-order valence-electron chi connectivity index (χ2n) is 3.04. The Morgan fingerprint density at radius 2 is 2.40 bits per heavy atom. The molecule has 0 fully saturated rings. The standard InChI is InChI=1S/C7H11ClN4O3/c1-4-10-7(12(14)15)6(9)11(4)3-5(13)2-8/h5,13H,2-3,9H2,1H3. The summed E-state index contributed by atoms with van der Waals surface area (Å²) in [5.41, 5.74) is 5.51. The van der Waals surface area contributed by atoms with Gasteiger partial charge in [0.1, 0.15) is 0 Å². The maximum Gasteiger partial charge on any atom is 0.406 e. The number of nitrogens with two attached hydrogens (primary N) is 1. The Hall–Kier alpha value is -1.34. The minimum absolute atomic E-state index is 0.0326. The lowest BCUT2D eigenvalue weighted by Crippen LogP contribution is -2.19. The Balaban J connectivity index is 3.03. The number of nitrogen functional groups attached to an aromatic ring is 1. The van der Waals surface area contributed by atoms with Gasteiger partial charge in [-0.15, -0.1) is 11.6 Å². The lowest BCUT2D eigenvalue weighted by molar-refractivity contribution is -0.388. The van der Waals surface area contributed by atoms with Crippen LogP contribution in [0.1, 0.15) is 5.82 Å². The quantitative estimate of drug-likeness (QED) is 0.442. The predicted molar refractivity (Wildman–Crippen MR) is 54.8 cm³/mol. The second kappa shape index (κ2) is 4.45. The van der Waals surface area contributed by atoms with Crippen molar-refractivity contribution in [3.63, 3.8) is 0 Å².